The van der Waals surface area contributed by atoms with Gasteiger partial charge in [0.1, 0.15) is 5.69 Å². The highest BCUT2D eigenvalue weighted by molar-refractivity contribution is 6.31. The summed E-state index contributed by atoms with van der Waals surface area (Å²) in [7, 11) is 5.02. The molecule has 0 atom stereocenters. The lowest BCUT2D eigenvalue weighted by atomic mass is 10.2. The fourth-order valence-corrected chi connectivity index (χ4v) is 2.19. The van der Waals surface area contributed by atoms with E-state index in [4.69, 9.17) is 11.6 Å². The molecule has 2 aromatic rings. The molecule has 0 unspecified atom stereocenters. The highest BCUT2D eigenvalue weighted by atomic mass is 35.5. The molecule has 0 saturated heterocycles. The maximum atomic E-state index is 12.7. The Labute approximate surface area is 137 Å². The molecule has 9 heteroatoms. The Morgan fingerprint density at radius 3 is 2.57 bits per heavy atom. The zero-order valence-corrected chi connectivity index (χ0v) is 13.5. The minimum atomic E-state index is -2.67. The standard InChI is InChI=1S/C14H16ClF2N5O/c1-21(2)10-5-4-8(15)6-9(10)18-14(23)19-12-7-11(13(16)17)22(3)20-12/h4-7,13H,1-3H3,(H2,18,19,20,23). The average molecular weight is 344 g/mol. The number of aromatic nitrogens is 2. The number of halogens is 3. The molecular weight excluding hydrogens is 328 g/mol. The van der Waals surface area contributed by atoms with Crippen molar-refractivity contribution in [1.29, 1.82) is 0 Å². The van der Waals surface area contributed by atoms with Gasteiger partial charge in [0.05, 0.1) is 11.4 Å². The summed E-state index contributed by atoms with van der Waals surface area (Å²) in [5.41, 5.74) is 0.959. The molecule has 2 rings (SSSR count). The van der Waals surface area contributed by atoms with E-state index in [1.807, 2.05) is 19.0 Å². The summed E-state index contributed by atoms with van der Waals surface area (Å²) >= 11 is 5.93. The Hall–Kier alpha value is -2.35. The van der Waals surface area contributed by atoms with Crippen LogP contribution in [0.15, 0.2) is 24.3 Å². The van der Waals surface area contributed by atoms with Gasteiger partial charge in [-0.15, -0.1) is 0 Å². The van der Waals surface area contributed by atoms with Crippen molar-refractivity contribution in [1.82, 2.24) is 9.78 Å². The molecule has 2 N–H and O–H groups in total. The number of rotatable bonds is 4. The summed E-state index contributed by atoms with van der Waals surface area (Å²) in [5, 5.41) is 9.32. The number of anilines is 3. The monoisotopic (exact) mass is 343 g/mol. The first-order chi connectivity index (χ1) is 10.8. The Morgan fingerprint density at radius 1 is 1.30 bits per heavy atom. The van der Waals surface area contributed by atoms with Crippen LogP contribution in [0.1, 0.15) is 12.1 Å². The molecule has 23 heavy (non-hydrogen) atoms. The molecule has 1 aromatic heterocycles. The van der Waals surface area contributed by atoms with Gasteiger partial charge in [0.15, 0.2) is 5.82 Å². The number of nitrogens with zero attached hydrogens (tertiary/aromatic N) is 3. The third-order valence-corrected chi connectivity index (χ3v) is 3.30. The van der Waals surface area contributed by atoms with Gasteiger partial charge < -0.3 is 10.2 Å². The van der Waals surface area contributed by atoms with E-state index in [-0.39, 0.29) is 11.5 Å². The van der Waals surface area contributed by atoms with Crippen LogP contribution < -0.4 is 15.5 Å². The number of benzene rings is 1. The number of amides is 2. The number of alkyl halides is 2. The number of hydrogen-bond donors (Lipinski definition) is 2. The van der Waals surface area contributed by atoms with Gasteiger partial charge in [0.2, 0.25) is 0 Å². The van der Waals surface area contributed by atoms with Crippen molar-refractivity contribution in [3.05, 3.63) is 35.0 Å². The molecule has 0 aliphatic carbocycles. The van der Waals surface area contributed by atoms with E-state index >= 15 is 0 Å². The molecule has 0 aliphatic rings. The molecule has 0 aliphatic heterocycles. The van der Waals surface area contributed by atoms with Crippen LogP contribution in [0.25, 0.3) is 0 Å². The predicted molar refractivity (Wildman–Crippen MR) is 86.6 cm³/mol. The van der Waals surface area contributed by atoms with Crippen molar-refractivity contribution in [2.45, 2.75) is 6.43 Å². The molecular formula is C14H16ClF2N5O. The first-order valence-electron chi connectivity index (χ1n) is 6.65. The van der Waals surface area contributed by atoms with E-state index in [0.29, 0.717) is 10.7 Å². The average Bonchev–Trinajstić information content (AvgIpc) is 2.79. The third-order valence-electron chi connectivity index (χ3n) is 3.07. The highest BCUT2D eigenvalue weighted by Crippen LogP contribution is 2.28. The normalized spacial score (nSPS) is 10.7. The lowest BCUT2D eigenvalue weighted by Gasteiger charge is -2.18. The Morgan fingerprint density at radius 2 is 2.00 bits per heavy atom. The van der Waals surface area contributed by atoms with Crippen molar-refractivity contribution in [2.75, 3.05) is 29.6 Å². The van der Waals surface area contributed by atoms with Gasteiger partial charge in [-0.25, -0.2) is 13.6 Å². The second-order valence-corrected chi connectivity index (χ2v) is 5.45. The molecule has 0 spiro atoms. The molecule has 1 heterocycles. The number of urea groups is 1. The maximum Gasteiger partial charge on any atom is 0.324 e. The minimum absolute atomic E-state index is 0.0359. The van der Waals surface area contributed by atoms with Crippen LogP contribution in [-0.2, 0) is 7.05 Å². The number of carbonyl (C=O) groups is 1. The van der Waals surface area contributed by atoms with Crippen molar-refractivity contribution >= 4 is 34.8 Å². The van der Waals surface area contributed by atoms with Gasteiger partial charge in [0.25, 0.3) is 6.43 Å². The van der Waals surface area contributed by atoms with Gasteiger partial charge >= 0.3 is 6.03 Å². The summed E-state index contributed by atoms with van der Waals surface area (Å²) < 4.78 is 26.4. The van der Waals surface area contributed by atoms with Crippen LogP contribution in [0.4, 0.5) is 30.8 Å². The number of aryl methyl sites for hydroxylation is 1. The Kier molecular flexibility index (Phi) is 5.05. The van der Waals surface area contributed by atoms with Crippen molar-refractivity contribution in [2.24, 2.45) is 7.05 Å². The van der Waals surface area contributed by atoms with Crippen LogP contribution in [0.3, 0.4) is 0 Å². The topological polar surface area (TPSA) is 62.2 Å². The van der Waals surface area contributed by atoms with E-state index in [0.717, 1.165) is 16.4 Å². The third kappa shape index (κ3) is 4.10. The van der Waals surface area contributed by atoms with Gasteiger partial charge in [-0.1, -0.05) is 11.6 Å². The summed E-state index contributed by atoms with van der Waals surface area (Å²) in [6.45, 7) is 0. The van der Waals surface area contributed by atoms with Crippen molar-refractivity contribution in [3.8, 4) is 0 Å². The van der Waals surface area contributed by atoms with Crippen LogP contribution in [-0.4, -0.2) is 29.9 Å². The zero-order valence-electron chi connectivity index (χ0n) is 12.8. The van der Waals surface area contributed by atoms with E-state index in [9.17, 15) is 13.6 Å². The van der Waals surface area contributed by atoms with E-state index < -0.39 is 12.5 Å². The van der Waals surface area contributed by atoms with E-state index in [2.05, 4.69) is 15.7 Å². The molecule has 0 radical (unpaired) electrons. The Balaban J connectivity index is 2.14. The quantitative estimate of drug-likeness (QED) is 0.889. The predicted octanol–water partition coefficient (Wildman–Crippen LogP) is 3.72. The summed E-state index contributed by atoms with van der Waals surface area (Å²) in [6.07, 6.45) is -2.67. The molecule has 0 fully saturated rings. The SMILES string of the molecule is CN(C)c1ccc(Cl)cc1NC(=O)Nc1cc(C(F)F)n(C)n1. The Bertz CT molecular complexity index is 717. The first-order valence-corrected chi connectivity index (χ1v) is 7.02. The lowest BCUT2D eigenvalue weighted by Crippen LogP contribution is -2.22. The second-order valence-electron chi connectivity index (χ2n) is 5.01. The van der Waals surface area contributed by atoms with Crippen molar-refractivity contribution in [3.63, 3.8) is 0 Å². The molecule has 124 valence electrons. The van der Waals surface area contributed by atoms with Gasteiger partial charge in [-0.3, -0.25) is 10.00 Å². The van der Waals surface area contributed by atoms with E-state index in [1.165, 1.54) is 7.05 Å². The molecule has 6 nitrogen and oxygen atoms in total. The smallest absolute Gasteiger partial charge is 0.324 e. The van der Waals surface area contributed by atoms with E-state index in [1.54, 1.807) is 18.2 Å². The van der Waals surface area contributed by atoms with Crippen LogP contribution in [0.2, 0.25) is 5.02 Å². The van der Waals surface area contributed by atoms with Gasteiger partial charge in [0, 0.05) is 32.2 Å². The summed E-state index contributed by atoms with van der Waals surface area (Å²) in [5.74, 6) is 0.0359. The summed E-state index contributed by atoms with van der Waals surface area (Å²) in [4.78, 5) is 13.8. The highest BCUT2D eigenvalue weighted by Gasteiger charge is 2.16. The van der Waals surface area contributed by atoms with Crippen LogP contribution in [0, 0.1) is 0 Å². The van der Waals surface area contributed by atoms with Gasteiger partial charge in [-0.05, 0) is 18.2 Å². The van der Waals surface area contributed by atoms with Crippen LogP contribution in [0.5, 0.6) is 0 Å². The molecule has 1 aromatic carbocycles. The fraction of sp³-hybridized carbons (Fsp3) is 0.286. The minimum Gasteiger partial charge on any atom is -0.376 e. The largest absolute Gasteiger partial charge is 0.376 e. The lowest BCUT2D eigenvalue weighted by molar-refractivity contribution is 0.141. The first kappa shape index (κ1) is 17.0. The van der Waals surface area contributed by atoms with Crippen LogP contribution >= 0.6 is 11.6 Å². The van der Waals surface area contributed by atoms with Gasteiger partial charge in [-0.2, -0.15) is 5.10 Å². The zero-order chi connectivity index (χ0) is 17.1. The second kappa shape index (κ2) is 6.82. The molecule has 2 amide bonds. The maximum absolute atomic E-state index is 12.7. The van der Waals surface area contributed by atoms with Crippen molar-refractivity contribution < 1.29 is 13.6 Å². The fourth-order valence-electron chi connectivity index (χ4n) is 2.02. The number of hydrogen-bond acceptors (Lipinski definition) is 3. The number of carbonyl (C=O) groups excluding carboxylic acids is 1. The molecule has 0 bridgehead atoms. The number of nitrogens with one attached hydrogen (secondary N) is 2. The molecule has 0 saturated carbocycles. The summed E-state index contributed by atoms with van der Waals surface area (Å²) in [6, 6.07) is 5.57.